The summed E-state index contributed by atoms with van der Waals surface area (Å²) < 4.78 is 31.9. The molecule has 2 unspecified atom stereocenters. The zero-order valence-corrected chi connectivity index (χ0v) is 14.3. The highest BCUT2D eigenvalue weighted by molar-refractivity contribution is 8.00. The van der Waals surface area contributed by atoms with E-state index >= 15 is 0 Å². The number of carbonyl (C=O) groups excluding carboxylic acids is 1. The SMILES string of the molecule is CC(Sc1ccc([N+](=O)[O-])cc1)C(=O)OC(C)c1ccc(F)cc1F. The molecule has 0 radical (unpaired) electrons. The van der Waals surface area contributed by atoms with Crippen LogP contribution < -0.4 is 0 Å². The van der Waals surface area contributed by atoms with Crippen LogP contribution in [0.5, 0.6) is 0 Å². The zero-order valence-electron chi connectivity index (χ0n) is 13.4. The number of nitrogens with zero attached hydrogens (tertiary/aromatic N) is 1. The summed E-state index contributed by atoms with van der Waals surface area (Å²) in [4.78, 5) is 22.9. The largest absolute Gasteiger partial charge is 0.457 e. The van der Waals surface area contributed by atoms with Crippen molar-refractivity contribution in [2.24, 2.45) is 0 Å². The number of non-ortho nitro benzene ring substituents is 1. The molecule has 0 aliphatic rings. The van der Waals surface area contributed by atoms with Gasteiger partial charge in [0.2, 0.25) is 0 Å². The Labute approximate surface area is 147 Å². The number of hydrogen-bond donors (Lipinski definition) is 0. The first-order valence-electron chi connectivity index (χ1n) is 7.34. The van der Waals surface area contributed by atoms with Gasteiger partial charge in [0.1, 0.15) is 23.0 Å². The number of nitro benzene ring substituents is 1. The molecule has 0 N–H and O–H groups in total. The van der Waals surface area contributed by atoms with E-state index in [0.717, 1.165) is 12.1 Å². The van der Waals surface area contributed by atoms with Crippen LogP contribution in [0.25, 0.3) is 0 Å². The Morgan fingerprint density at radius 1 is 1.16 bits per heavy atom. The standard InChI is InChI=1S/C17H15F2NO4S/c1-10(15-8-3-12(18)9-16(15)19)24-17(21)11(2)25-14-6-4-13(5-7-14)20(22)23/h3-11H,1-2H3. The van der Waals surface area contributed by atoms with Crippen molar-refractivity contribution in [2.45, 2.75) is 30.1 Å². The highest BCUT2D eigenvalue weighted by Crippen LogP contribution is 2.28. The number of esters is 1. The van der Waals surface area contributed by atoms with Crippen LogP contribution in [0.4, 0.5) is 14.5 Å². The maximum absolute atomic E-state index is 13.7. The summed E-state index contributed by atoms with van der Waals surface area (Å²) in [6.07, 6.45) is -0.868. The van der Waals surface area contributed by atoms with Gasteiger partial charge in [0.05, 0.1) is 4.92 Å². The van der Waals surface area contributed by atoms with Gasteiger partial charge >= 0.3 is 5.97 Å². The molecule has 0 heterocycles. The zero-order chi connectivity index (χ0) is 18.6. The number of hydrogen-bond acceptors (Lipinski definition) is 5. The van der Waals surface area contributed by atoms with Crippen molar-refractivity contribution >= 4 is 23.4 Å². The van der Waals surface area contributed by atoms with Crippen molar-refractivity contribution in [3.63, 3.8) is 0 Å². The molecule has 0 amide bonds. The maximum atomic E-state index is 13.7. The lowest BCUT2D eigenvalue weighted by Crippen LogP contribution is -2.19. The van der Waals surface area contributed by atoms with Gasteiger partial charge < -0.3 is 4.74 Å². The van der Waals surface area contributed by atoms with Crippen LogP contribution in [0.1, 0.15) is 25.5 Å². The molecule has 0 bridgehead atoms. The highest BCUT2D eigenvalue weighted by Gasteiger charge is 2.21. The molecule has 8 heteroatoms. The Hall–Kier alpha value is -2.48. The Balaban J connectivity index is 1.98. The molecule has 132 valence electrons. The number of thioether (sulfide) groups is 1. The summed E-state index contributed by atoms with van der Waals surface area (Å²) in [6, 6.07) is 8.82. The molecule has 2 rings (SSSR count). The average molecular weight is 367 g/mol. The molecule has 0 spiro atoms. The topological polar surface area (TPSA) is 69.4 Å². The third-order valence-corrected chi connectivity index (χ3v) is 4.48. The normalized spacial score (nSPS) is 13.1. The van der Waals surface area contributed by atoms with Crippen molar-refractivity contribution in [3.8, 4) is 0 Å². The fourth-order valence-corrected chi connectivity index (χ4v) is 2.92. The van der Waals surface area contributed by atoms with Gasteiger partial charge in [0, 0.05) is 28.7 Å². The summed E-state index contributed by atoms with van der Waals surface area (Å²) in [6.45, 7) is 3.11. The van der Waals surface area contributed by atoms with Crippen molar-refractivity contribution in [3.05, 3.63) is 69.8 Å². The second-order valence-electron chi connectivity index (χ2n) is 5.26. The summed E-state index contributed by atoms with van der Waals surface area (Å²) in [5.41, 5.74) is 0.0438. The minimum Gasteiger partial charge on any atom is -0.457 e. The molecule has 2 atom stereocenters. The lowest BCUT2D eigenvalue weighted by Gasteiger charge is -2.17. The van der Waals surface area contributed by atoms with Crippen LogP contribution in [-0.2, 0) is 9.53 Å². The second kappa shape index (κ2) is 8.06. The van der Waals surface area contributed by atoms with E-state index in [9.17, 15) is 23.7 Å². The quantitative estimate of drug-likeness (QED) is 0.321. The third kappa shape index (κ3) is 4.99. The molecule has 2 aromatic carbocycles. The van der Waals surface area contributed by atoms with Gasteiger partial charge in [0.15, 0.2) is 0 Å². The molecular formula is C17H15F2NO4S. The van der Waals surface area contributed by atoms with E-state index in [4.69, 9.17) is 4.74 Å². The molecular weight excluding hydrogens is 352 g/mol. The number of carbonyl (C=O) groups is 1. The van der Waals surface area contributed by atoms with Crippen molar-refractivity contribution in [1.29, 1.82) is 0 Å². The van der Waals surface area contributed by atoms with Crippen molar-refractivity contribution in [1.82, 2.24) is 0 Å². The van der Waals surface area contributed by atoms with E-state index in [1.54, 1.807) is 6.92 Å². The van der Waals surface area contributed by atoms with E-state index in [1.165, 1.54) is 49.0 Å². The van der Waals surface area contributed by atoms with Crippen LogP contribution in [0, 0.1) is 21.7 Å². The van der Waals surface area contributed by atoms with E-state index in [0.29, 0.717) is 4.90 Å². The van der Waals surface area contributed by atoms with Crippen LogP contribution in [0.2, 0.25) is 0 Å². The van der Waals surface area contributed by atoms with Crippen molar-refractivity contribution < 1.29 is 23.2 Å². The van der Waals surface area contributed by atoms with Crippen LogP contribution in [0.3, 0.4) is 0 Å². The van der Waals surface area contributed by atoms with Crippen LogP contribution in [-0.4, -0.2) is 16.1 Å². The maximum Gasteiger partial charge on any atom is 0.319 e. The molecule has 0 aromatic heterocycles. The minimum absolute atomic E-state index is 0.0417. The van der Waals surface area contributed by atoms with E-state index in [-0.39, 0.29) is 11.3 Å². The molecule has 25 heavy (non-hydrogen) atoms. The summed E-state index contributed by atoms with van der Waals surface area (Å²) in [5.74, 6) is -2.06. The molecule has 2 aromatic rings. The molecule has 0 aliphatic heterocycles. The Morgan fingerprint density at radius 3 is 2.36 bits per heavy atom. The predicted octanol–water partition coefficient (Wildman–Crippen LogP) is 4.66. The average Bonchev–Trinajstić information content (AvgIpc) is 2.55. The van der Waals surface area contributed by atoms with Gasteiger partial charge in [-0.2, -0.15) is 0 Å². The van der Waals surface area contributed by atoms with Gasteiger partial charge in [-0.1, -0.05) is 0 Å². The molecule has 0 saturated heterocycles. The monoisotopic (exact) mass is 367 g/mol. The van der Waals surface area contributed by atoms with Gasteiger partial charge in [-0.3, -0.25) is 14.9 Å². The van der Waals surface area contributed by atoms with Gasteiger partial charge in [-0.25, -0.2) is 8.78 Å². The lowest BCUT2D eigenvalue weighted by molar-refractivity contribution is -0.384. The number of halogens is 2. The Morgan fingerprint density at radius 2 is 1.80 bits per heavy atom. The molecule has 0 saturated carbocycles. The lowest BCUT2D eigenvalue weighted by atomic mass is 10.1. The highest BCUT2D eigenvalue weighted by atomic mass is 32.2. The summed E-state index contributed by atoms with van der Waals surface area (Å²) in [7, 11) is 0. The van der Waals surface area contributed by atoms with Crippen LogP contribution >= 0.6 is 11.8 Å². The molecule has 0 fully saturated rings. The summed E-state index contributed by atoms with van der Waals surface area (Å²) in [5, 5.41) is 10.0. The first-order chi connectivity index (χ1) is 11.8. The third-order valence-electron chi connectivity index (χ3n) is 3.39. The molecule has 0 aliphatic carbocycles. The fourth-order valence-electron chi connectivity index (χ4n) is 2.06. The van der Waals surface area contributed by atoms with Crippen LogP contribution in [0.15, 0.2) is 47.4 Å². The van der Waals surface area contributed by atoms with E-state index in [1.807, 2.05) is 0 Å². The fraction of sp³-hybridized carbons (Fsp3) is 0.235. The first-order valence-corrected chi connectivity index (χ1v) is 8.22. The second-order valence-corrected chi connectivity index (χ2v) is 6.67. The number of rotatable bonds is 6. The van der Waals surface area contributed by atoms with E-state index in [2.05, 4.69) is 0 Å². The van der Waals surface area contributed by atoms with Gasteiger partial charge in [0.25, 0.3) is 5.69 Å². The van der Waals surface area contributed by atoms with Gasteiger partial charge in [-0.05, 0) is 38.1 Å². The number of ether oxygens (including phenoxy) is 1. The number of benzene rings is 2. The predicted molar refractivity (Wildman–Crippen MR) is 89.3 cm³/mol. The number of nitro groups is 1. The van der Waals surface area contributed by atoms with E-state index < -0.39 is 33.9 Å². The summed E-state index contributed by atoms with van der Waals surface area (Å²) >= 11 is 1.17. The Bertz CT molecular complexity index is 783. The molecule has 5 nitrogen and oxygen atoms in total. The first kappa shape index (κ1) is 18.9. The van der Waals surface area contributed by atoms with Gasteiger partial charge in [-0.15, -0.1) is 11.8 Å². The minimum atomic E-state index is -0.868. The smallest absolute Gasteiger partial charge is 0.319 e. The Kier molecular flexibility index (Phi) is 6.08. The van der Waals surface area contributed by atoms with Crippen molar-refractivity contribution in [2.75, 3.05) is 0 Å².